The standard InChI is InChI=1S/C7H12ClN/c8-6-4-7(9)2-1-5(6)3-7/h5-6H,1-4,9H2/t5-,6-,7-/m1/s1. The molecule has 1 nitrogen and oxygen atoms in total. The second-order valence-electron chi connectivity index (χ2n) is 3.59. The summed E-state index contributed by atoms with van der Waals surface area (Å²) in [7, 11) is 0. The number of alkyl halides is 1. The maximum Gasteiger partial charge on any atom is 0.0382 e. The molecule has 0 heterocycles. The summed E-state index contributed by atoms with van der Waals surface area (Å²) >= 11 is 6.02. The molecule has 52 valence electrons. The molecule has 2 rings (SSSR count). The minimum atomic E-state index is 0.150. The normalized spacial score (nSPS) is 56.7. The third kappa shape index (κ3) is 0.786. The Labute approximate surface area is 60.6 Å². The van der Waals surface area contributed by atoms with Crippen LogP contribution in [0.4, 0.5) is 0 Å². The van der Waals surface area contributed by atoms with E-state index in [9.17, 15) is 0 Å². The molecule has 0 aromatic carbocycles. The van der Waals surface area contributed by atoms with Crippen LogP contribution in [0.15, 0.2) is 0 Å². The van der Waals surface area contributed by atoms with Gasteiger partial charge in [-0.2, -0.15) is 0 Å². The van der Waals surface area contributed by atoms with Gasteiger partial charge in [-0.05, 0) is 31.6 Å². The van der Waals surface area contributed by atoms with Gasteiger partial charge in [0.1, 0.15) is 0 Å². The topological polar surface area (TPSA) is 26.0 Å². The summed E-state index contributed by atoms with van der Waals surface area (Å²) in [5.74, 6) is 0.747. The van der Waals surface area contributed by atoms with Gasteiger partial charge in [0.25, 0.3) is 0 Å². The van der Waals surface area contributed by atoms with Gasteiger partial charge in [-0.1, -0.05) is 0 Å². The number of hydrogen-bond donors (Lipinski definition) is 1. The van der Waals surface area contributed by atoms with Crippen LogP contribution in [0.5, 0.6) is 0 Å². The fourth-order valence-electron chi connectivity index (χ4n) is 2.25. The maximum atomic E-state index is 6.02. The second-order valence-corrected chi connectivity index (χ2v) is 4.15. The van der Waals surface area contributed by atoms with E-state index in [1.54, 1.807) is 0 Å². The lowest BCUT2D eigenvalue weighted by Crippen LogP contribution is -2.35. The van der Waals surface area contributed by atoms with Crippen molar-refractivity contribution < 1.29 is 0 Å². The summed E-state index contributed by atoms with van der Waals surface area (Å²) in [6.07, 6.45) is 4.71. The molecule has 2 aliphatic rings. The quantitative estimate of drug-likeness (QED) is 0.514. The average Bonchev–Trinajstić information content (AvgIpc) is 2.20. The van der Waals surface area contributed by atoms with Crippen molar-refractivity contribution in [2.24, 2.45) is 11.7 Å². The zero-order valence-corrected chi connectivity index (χ0v) is 6.19. The van der Waals surface area contributed by atoms with Gasteiger partial charge in [0.2, 0.25) is 0 Å². The van der Waals surface area contributed by atoms with E-state index in [0.717, 1.165) is 12.3 Å². The van der Waals surface area contributed by atoms with E-state index in [2.05, 4.69) is 0 Å². The van der Waals surface area contributed by atoms with Gasteiger partial charge in [0.05, 0.1) is 0 Å². The van der Waals surface area contributed by atoms with Crippen molar-refractivity contribution in [2.45, 2.75) is 36.6 Å². The van der Waals surface area contributed by atoms with Gasteiger partial charge >= 0.3 is 0 Å². The number of nitrogens with two attached hydrogens (primary N) is 1. The van der Waals surface area contributed by atoms with Crippen molar-refractivity contribution >= 4 is 11.6 Å². The Morgan fingerprint density at radius 2 is 2.22 bits per heavy atom. The fraction of sp³-hybridized carbons (Fsp3) is 1.00. The van der Waals surface area contributed by atoms with E-state index < -0.39 is 0 Å². The van der Waals surface area contributed by atoms with E-state index >= 15 is 0 Å². The molecule has 0 spiro atoms. The number of fused-ring (bicyclic) bond motifs is 2. The van der Waals surface area contributed by atoms with Crippen LogP contribution in [-0.2, 0) is 0 Å². The van der Waals surface area contributed by atoms with Gasteiger partial charge in [0.15, 0.2) is 0 Å². The van der Waals surface area contributed by atoms with Crippen molar-refractivity contribution in [1.82, 2.24) is 0 Å². The molecule has 0 aromatic rings. The predicted molar refractivity (Wildman–Crippen MR) is 38.5 cm³/mol. The highest BCUT2D eigenvalue weighted by Gasteiger charge is 2.47. The SMILES string of the molecule is N[C@]12CC[C@H](C1)[C@H](Cl)C2. The molecule has 2 heteroatoms. The predicted octanol–water partition coefficient (Wildman–Crippen LogP) is 1.50. The van der Waals surface area contributed by atoms with Crippen LogP contribution in [0.2, 0.25) is 0 Å². The average molecular weight is 146 g/mol. The van der Waals surface area contributed by atoms with Crippen LogP contribution in [-0.4, -0.2) is 10.9 Å². The van der Waals surface area contributed by atoms with Crippen molar-refractivity contribution in [2.75, 3.05) is 0 Å². The van der Waals surface area contributed by atoms with Crippen LogP contribution in [0, 0.1) is 5.92 Å². The van der Waals surface area contributed by atoms with Crippen LogP contribution < -0.4 is 5.73 Å². The largest absolute Gasteiger partial charge is 0.325 e. The van der Waals surface area contributed by atoms with Crippen LogP contribution in [0.1, 0.15) is 25.7 Å². The smallest absolute Gasteiger partial charge is 0.0382 e. The Morgan fingerprint density at radius 3 is 2.44 bits per heavy atom. The summed E-state index contributed by atoms with van der Waals surface area (Å²) in [5, 5.41) is 0.392. The lowest BCUT2D eigenvalue weighted by atomic mass is 9.95. The van der Waals surface area contributed by atoms with Gasteiger partial charge in [-0.25, -0.2) is 0 Å². The van der Waals surface area contributed by atoms with Crippen molar-refractivity contribution in [3.8, 4) is 0 Å². The van der Waals surface area contributed by atoms with E-state index in [-0.39, 0.29) is 5.54 Å². The Kier molecular flexibility index (Phi) is 1.09. The summed E-state index contributed by atoms with van der Waals surface area (Å²) in [6.45, 7) is 0. The monoisotopic (exact) mass is 145 g/mol. The van der Waals surface area contributed by atoms with Crippen molar-refractivity contribution in [3.63, 3.8) is 0 Å². The highest BCUT2D eigenvalue weighted by molar-refractivity contribution is 6.21. The fourth-order valence-corrected chi connectivity index (χ4v) is 2.77. The van der Waals surface area contributed by atoms with Crippen LogP contribution in [0.3, 0.4) is 0 Å². The molecule has 2 fully saturated rings. The lowest BCUT2D eigenvalue weighted by Gasteiger charge is -2.22. The van der Waals surface area contributed by atoms with E-state index in [1.807, 2.05) is 0 Å². The van der Waals surface area contributed by atoms with Gasteiger partial charge in [-0.15, -0.1) is 11.6 Å². The van der Waals surface area contributed by atoms with E-state index in [1.165, 1.54) is 19.3 Å². The van der Waals surface area contributed by atoms with E-state index in [4.69, 9.17) is 17.3 Å². The van der Waals surface area contributed by atoms with Gasteiger partial charge in [0, 0.05) is 10.9 Å². The first-order chi connectivity index (χ1) is 4.20. The van der Waals surface area contributed by atoms with Gasteiger partial charge in [-0.3, -0.25) is 0 Å². The minimum absolute atomic E-state index is 0.150. The number of halogens is 1. The van der Waals surface area contributed by atoms with Crippen molar-refractivity contribution in [3.05, 3.63) is 0 Å². The molecule has 0 radical (unpaired) electrons. The highest BCUT2D eigenvalue weighted by atomic mass is 35.5. The molecule has 2 saturated carbocycles. The molecule has 0 amide bonds. The number of hydrogen-bond acceptors (Lipinski definition) is 1. The first kappa shape index (κ1) is 5.99. The molecule has 0 aromatic heterocycles. The van der Waals surface area contributed by atoms with Crippen molar-refractivity contribution in [1.29, 1.82) is 0 Å². The first-order valence-electron chi connectivity index (χ1n) is 3.63. The molecular weight excluding hydrogens is 134 g/mol. The van der Waals surface area contributed by atoms with E-state index in [0.29, 0.717) is 5.38 Å². The third-order valence-electron chi connectivity index (χ3n) is 2.79. The Bertz CT molecular complexity index is 133. The summed E-state index contributed by atoms with van der Waals surface area (Å²) < 4.78 is 0. The number of rotatable bonds is 0. The molecule has 2 bridgehead atoms. The Morgan fingerprint density at radius 1 is 1.44 bits per heavy atom. The Hall–Kier alpha value is 0.250. The van der Waals surface area contributed by atoms with Crippen LogP contribution in [0.25, 0.3) is 0 Å². The molecule has 9 heavy (non-hydrogen) atoms. The zero-order chi connectivity index (χ0) is 6.48. The van der Waals surface area contributed by atoms with Crippen LogP contribution >= 0.6 is 11.6 Å². The zero-order valence-electron chi connectivity index (χ0n) is 5.44. The summed E-state index contributed by atoms with van der Waals surface area (Å²) in [5.41, 5.74) is 6.16. The van der Waals surface area contributed by atoms with Gasteiger partial charge < -0.3 is 5.73 Å². The molecule has 0 saturated heterocycles. The second kappa shape index (κ2) is 1.64. The molecule has 0 unspecified atom stereocenters. The Balaban J connectivity index is 2.19. The molecule has 0 aliphatic heterocycles. The maximum absolute atomic E-state index is 6.02. The molecule has 2 N–H and O–H groups in total. The highest BCUT2D eigenvalue weighted by Crippen LogP contribution is 2.48. The molecular formula is C7H12ClN. The summed E-state index contributed by atoms with van der Waals surface area (Å²) in [4.78, 5) is 0. The summed E-state index contributed by atoms with van der Waals surface area (Å²) in [6, 6.07) is 0. The minimum Gasteiger partial charge on any atom is -0.325 e. The first-order valence-corrected chi connectivity index (χ1v) is 4.06. The third-order valence-corrected chi connectivity index (χ3v) is 3.31. The molecule has 3 atom stereocenters. The molecule has 2 aliphatic carbocycles. The lowest BCUT2D eigenvalue weighted by molar-refractivity contribution is 0.422.